The number of aliphatic hydroxyl groups excluding tert-OH is 2. The molecule has 23 heavy (non-hydrogen) atoms. The molecule has 0 saturated heterocycles. The molecule has 0 bridgehead atoms. The molecule has 0 heterocycles. The Bertz CT molecular complexity index is 308. The highest BCUT2D eigenvalue weighted by atomic mass is 16.5. The molecule has 136 valence electrons. The summed E-state index contributed by atoms with van der Waals surface area (Å²) in [5.74, 6) is -1.20. The largest absolute Gasteiger partial charge is 0.481 e. The highest BCUT2D eigenvalue weighted by molar-refractivity contribution is 5.74. The van der Waals surface area contributed by atoms with Crippen LogP contribution in [-0.4, -0.2) is 47.1 Å². The molecule has 6 heteroatoms. The lowest BCUT2D eigenvalue weighted by Crippen LogP contribution is -2.27. The Hall–Kier alpha value is -1.14. The van der Waals surface area contributed by atoms with Gasteiger partial charge in [0.15, 0.2) is 0 Å². The van der Waals surface area contributed by atoms with Crippen LogP contribution in [0.5, 0.6) is 0 Å². The van der Waals surface area contributed by atoms with Crippen LogP contribution < -0.4 is 0 Å². The highest BCUT2D eigenvalue weighted by Gasteiger charge is 2.30. The molecule has 0 spiro atoms. The van der Waals surface area contributed by atoms with Gasteiger partial charge in [0.1, 0.15) is 0 Å². The first-order valence-electron chi connectivity index (χ1n) is 8.67. The zero-order valence-electron chi connectivity index (χ0n) is 14.2. The van der Waals surface area contributed by atoms with Crippen molar-refractivity contribution >= 4 is 11.9 Å². The number of carboxylic acids is 1. The van der Waals surface area contributed by atoms with E-state index in [0.29, 0.717) is 32.3 Å². The van der Waals surface area contributed by atoms with Gasteiger partial charge in [-0.25, -0.2) is 0 Å². The van der Waals surface area contributed by atoms with E-state index in [1.165, 1.54) is 19.3 Å². The molecule has 0 aromatic heterocycles. The van der Waals surface area contributed by atoms with E-state index in [4.69, 9.17) is 20.1 Å². The number of aliphatic carboxylic acids is 1. The lowest BCUT2D eigenvalue weighted by atomic mass is 9.82. The Labute approximate surface area is 138 Å². The first-order chi connectivity index (χ1) is 11.1. The predicted octanol–water partition coefficient (Wildman–Crippen LogP) is 2.36. The van der Waals surface area contributed by atoms with Crippen LogP contribution in [0.15, 0.2) is 0 Å². The molecule has 1 rings (SSSR count). The van der Waals surface area contributed by atoms with Crippen molar-refractivity contribution < 1.29 is 29.6 Å². The SMILES string of the molecule is CCCCCCCOC(=O)C1CCC(C(=O)O)CC1.OCCO. The van der Waals surface area contributed by atoms with Crippen molar-refractivity contribution in [2.75, 3.05) is 19.8 Å². The van der Waals surface area contributed by atoms with Gasteiger partial charge in [-0.2, -0.15) is 0 Å². The number of carbonyl (C=O) groups excluding carboxylic acids is 1. The Balaban J connectivity index is 0.00000108. The Morgan fingerprint density at radius 2 is 1.43 bits per heavy atom. The molecule has 0 aromatic carbocycles. The number of ether oxygens (including phenoxy) is 1. The summed E-state index contributed by atoms with van der Waals surface area (Å²) in [5, 5.41) is 24.1. The predicted molar refractivity (Wildman–Crippen MR) is 87.0 cm³/mol. The minimum atomic E-state index is -0.734. The summed E-state index contributed by atoms with van der Waals surface area (Å²) >= 11 is 0. The summed E-state index contributed by atoms with van der Waals surface area (Å²) in [4.78, 5) is 22.6. The van der Waals surface area contributed by atoms with Gasteiger partial charge in [0.25, 0.3) is 0 Å². The van der Waals surface area contributed by atoms with E-state index in [-0.39, 0.29) is 31.0 Å². The van der Waals surface area contributed by atoms with Gasteiger partial charge in [0.05, 0.1) is 31.7 Å². The number of aliphatic hydroxyl groups is 2. The van der Waals surface area contributed by atoms with Crippen molar-refractivity contribution in [3.05, 3.63) is 0 Å². The van der Waals surface area contributed by atoms with Crippen molar-refractivity contribution in [3.63, 3.8) is 0 Å². The quantitative estimate of drug-likeness (QED) is 0.442. The van der Waals surface area contributed by atoms with Crippen molar-refractivity contribution in [1.82, 2.24) is 0 Å². The summed E-state index contributed by atoms with van der Waals surface area (Å²) in [6, 6.07) is 0. The number of hydrogen-bond donors (Lipinski definition) is 3. The minimum Gasteiger partial charge on any atom is -0.481 e. The summed E-state index contributed by atoms with van der Waals surface area (Å²) in [6.07, 6.45) is 8.25. The van der Waals surface area contributed by atoms with Gasteiger partial charge in [0, 0.05) is 0 Å². The lowest BCUT2D eigenvalue weighted by Gasteiger charge is -2.24. The Morgan fingerprint density at radius 3 is 1.91 bits per heavy atom. The molecule has 0 unspecified atom stereocenters. The highest BCUT2D eigenvalue weighted by Crippen LogP contribution is 2.29. The van der Waals surface area contributed by atoms with Crippen molar-refractivity contribution in [3.8, 4) is 0 Å². The molecule has 1 aliphatic rings. The van der Waals surface area contributed by atoms with E-state index in [0.717, 1.165) is 12.8 Å². The maximum atomic E-state index is 11.8. The van der Waals surface area contributed by atoms with Crippen LogP contribution >= 0.6 is 0 Å². The fraction of sp³-hybridized carbons (Fsp3) is 0.882. The van der Waals surface area contributed by atoms with E-state index in [1.807, 2.05) is 0 Å². The molecule has 1 fully saturated rings. The minimum absolute atomic E-state index is 0.0776. The number of rotatable bonds is 9. The first-order valence-corrected chi connectivity index (χ1v) is 8.67. The van der Waals surface area contributed by atoms with Crippen LogP contribution in [0.1, 0.15) is 64.7 Å². The summed E-state index contributed by atoms with van der Waals surface area (Å²) in [7, 11) is 0. The molecule has 0 aliphatic heterocycles. The number of carboxylic acid groups (broad SMARTS) is 1. The van der Waals surface area contributed by atoms with Crippen LogP contribution in [0.25, 0.3) is 0 Å². The molecule has 3 N–H and O–H groups in total. The third kappa shape index (κ3) is 11.1. The Morgan fingerprint density at radius 1 is 0.913 bits per heavy atom. The van der Waals surface area contributed by atoms with Gasteiger partial charge in [0.2, 0.25) is 0 Å². The molecule has 1 saturated carbocycles. The number of esters is 1. The van der Waals surface area contributed by atoms with Crippen LogP contribution in [0.2, 0.25) is 0 Å². The van der Waals surface area contributed by atoms with E-state index < -0.39 is 5.97 Å². The summed E-state index contributed by atoms with van der Waals surface area (Å²) in [5.41, 5.74) is 0. The molecular weight excluding hydrogens is 300 g/mol. The zero-order chi connectivity index (χ0) is 17.5. The topological polar surface area (TPSA) is 104 Å². The van der Waals surface area contributed by atoms with Crippen LogP contribution in [0.3, 0.4) is 0 Å². The van der Waals surface area contributed by atoms with Crippen LogP contribution in [-0.2, 0) is 14.3 Å². The van der Waals surface area contributed by atoms with Crippen molar-refractivity contribution in [1.29, 1.82) is 0 Å². The van der Waals surface area contributed by atoms with Gasteiger partial charge in [-0.1, -0.05) is 32.6 Å². The fourth-order valence-electron chi connectivity index (χ4n) is 2.57. The van der Waals surface area contributed by atoms with Gasteiger partial charge in [-0.15, -0.1) is 0 Å². The third-order valence-electron chi connectivity index (χ3n) is 4.00. The van der Waals surface area contributed by atoms with Crippen LogP contribution in [0, 0.1) is 11.8 Å². The summed E-state index contributed by atoms with van der Waals surface area (Å²) < 4.78 is 5.27. The second kappa shape index (κ2) is 14.5. The average Bonchev–Trinajstić information content (AvgIpc) is 2.58. The van der Waals surface area contributed by atoms with Gasteiger partial charge in [-0.05, 0) is 32.1 Å². The molecule has 0 amide bonds. The van der Waals surface area contributed by atoms with Gasteiger partial charge in [-0.3, -0.25) is 9.59 Å². The van der Waals surface area contributed by atoms with E-state index >= 15 is 0 Å². The van der Waals surface area contributed by atoms with Crippen molar-refractivity contribution in [2.24, 2.45) is 11.8 Å². The number of unbranched alkanes of at least 4 members (excludes halogenated alkanes) is 4. The zero-order valence-corrected chi connectivity index (χ0v) is 14.2. The van der Waals surface area contributed by atoms with Gasteiger partial charge >= 0.3 is 11.9 Å². The normalized spacial score (nSPS) is 20.3. The van der Waals surface area contributed by atoms with E-state index in [1.54, 1.807) is 0 Å². The molecule has 0 atom stereocenters. The number of carbonyl (C=O) groups is 2. The molecule has 6 nitrogen and oxygen atoms in total. The second-order valence-corrected chi connectivity index (χ2v) is 5.92. The second-order valence-electron chi connectivity index (χ2n) is 5.92. The van der Waals surface area contributed by atoms with E-state index in [2.05, 4.69) is 6.92 Å². The molecule has 0 aromatic rings. The van der Waals surface area contributed by atoms with Crippen molar-refractivity contribution in [2.45, 2.75) is 64.7 Å². The van der Waals surface area contributed by atoms with Crippen LogP contribution in [0.4, 0.5) is 0 Å². The summed E-state index contributed by atoms with van der Waals surface area (Å²) in [6.45, 7) is 2.44. The number of hydrogen-bond acceptors (Lipinski definition) is 5. The Kier molecular flexibility index (Phi) is 13.7. The maximum Gasteiger partial charge on any atom is 0.308 e. The average molecular weight is 332 g/mol. The maximum absolute atomic E-state index is 11.8. The smallest absolute Gasteiger partial charge is 0.308 e. The molecular formula is C17H32O6. The first kappa shape index (κ1) is 21.9. The lowest BCUT2D eigenvalue weighted by molar-refractivity contribution is -0.152. The van der Waals surface area contributed by atoms with Gasteiger partial charge < -0.3 is 20.1 Å². The standard InChI is InChI=1S/C15H26O4.C2H6O2/c1-2-3-4-5-6-11-19-15(18)13-9-7-12(8-10-13)14(16)17;3-1-2-4/h12-13H,2-11H2,1H3,(H,16,17);3-4H,1-2H2. The van der Waals surface area contributed by atoms with E-state index in [9.17, 15) is 9.59 Å². The third-order valence-corrected chi connectivity index (χ3v) is 4.00. The molecule has 1 aliphatic carbocycles. The monoisotopic (exact) mass is 332 g/mol. The molecule has 0 radical (unpaired) electrons. The fourth-order valence-corrected chi connectivity index (χ4v) is 2.57.